The van der Waals surface area contributed by atoms with E-state index in [2.05, 4.69) is 16.8 Å². The van der Waals surface area contributed by atoms with Crippen LogP contribution in [0, 0.1) is 0 Å². The van der Waals surface area contributed by atoms with E-state index >= 15 is 0 Å². The van der Waals surface area contributed by atoms with E-state index in [0.29, 0.717) is 5.88 Å². The summed E-state index contributed by atoms with van der Waals surface area (Å²) in [4.78, 5) is 6.92. The molecule has 94 valence electrons. The standard InChI is InChI=1S/C13H21N3O/c1-3-16-9-5-6-10(14)13(16)11-7-4-8-12(15-11)17-2/h4,7-8,10,13H,3,5-6,9,14H2,1-2H3. The van der Waals surface area contributed by atoms with Crippen molar-refractivity contribution in [1.82, 2.24) is 9.88 Å². The highest BCUT2D eigenvalue weighted by Crippen LogP contribution is 2.29. The van der Waals surface area contributed by atoms with Crippen LogP contribution in [0.4, 0.5) is 0 Å². The Balaban J connectivity index is 2.27. The Morgan fingerprint density at radius 2 is 2.35 bits per heavy atom. The van der Waals surface area contributed by atoms with E-state index < -0.39 is 0 Å². The lowest BCUT2D eigenvalue weighted by molar-refractivity contribution is 0.132. The van der Waals surface area contributed by atoms with Crippen molar-refractivity contribution in [1.29, 1.82) is 0 Å². The molecule has 2 N–H and O–H groups in total. The fourth-order valence-corrected chi connectivity index (χ4v) is 2.57. The second-order valence-electron chi connectivity index (χ2n) is 4.48. The number of piperidine rings is 1. The Morgan fingerprint density at radius 3 is 3.06 bits per heavy atom. The van der Waals surface area contributed by atoms with Gasteiger partial charge in [0.1, 0.15) is 0 Å². The van der Waals surface area contributed by atoms with Gasteiger partial charge in [0, 0.05) is 12.1 Å². The zero-order chi connectivity index (χ0) is 12.3. The number of hydrogen-bond donors (Lipinski definition) is 1. The molecule has 4 nitrogen and oxygen atoms in total. The van der Waals surface area contributed by atoms with Gasteiger partial charge in [0.05, 0.1) is 18.8 Å². The second-order valence-corrected chi connectivity index (χ2v) is 4.48. The van der Waals surface area contributed by atoms with Crippen LogP contribution in [0.25, 0.3) is 0 Å². The van der Waals surface area contributed by atoms with Gasteiger partial charge in [-0.05, 0) is 32.0 Å². The van der Waals surface area contributed by atoms with Crippen LogP contribution >= 0.6 is 0 Å². The van der Waals surface area contributed by atoms with Gasteiger partial charge >= 0.3 is 0 Å². The monoisotopic (exact) mass is 235 g/mol. The van der Waals surface area contributed by atoms with Crippen LogP contribution in [0.5, 0.6) is 5.88 Å². The highest BCUT2D eigenvalue weighted by Gasteiger charge is 2.30. The van der Waals surface area contributed by atoms with E-state index in [1.54, 1.807) is 7.11 Å². The van der Waals surface area contributed by atoms with Crippen molar-refractivity contribution in [2.24, 2.45) is 5.73 Å². The molecule has 4 heteroatoms. The van der Waals surface area contributed by atoms with Crippen LogP contribution in [-0.4, -0.2) is 36.1 Å². The Kier molecular flexibility index (Phi) is 3.97. The van der Waals surface area contributed by atoms with Gasteiger partial charge in [-0.25, -0.2) is 4.98 Å². The van der Waals surface area contributed by atoms with E-state index in [4.69, 9.17) is 10.5 Å². The minimum absolute atomic E-state index is 0.170. The first-order valence-electron chi connectivity index (χ1n) is 6.26. The molecule has 2 unspecified atom stereocenters. The van der Waals surface area contributed by atoms with Gasteiger partial charge in [0.15, 0.2) is 0 Å². The summed E-state index contributed by atoms with van der Waals surface area (Å²) in [5.74, 6) is 0.663. The van der Waals surface area contributed by atoms with Crippen molar-refractivity contribution in [2.75, 3.05) is 20.2 Å². The smallest absolute Gasteiger partial charge is 0.213 e. The number of methoxy groups -OCH3 is 1. The van der Waals surface area contributed by atoms with E-state index in [1.807, 2.05) is 18.2 Å². The summed E-state index contributed by atoms with van der Waals surface area (Å²) in [7, 11) is 1.64. The lowest BCUT2D eigenvalue weighted by atomic mass is 9.94. The topological polar surface area (TPSA) is 51.4 Å². The first-order chi connectivity index (χ1) is 8.26. The van der Waals surface area contributed by atoms with E-state index in [1.165, 1.54) is 6.42 Å². The summed E-state index contributed by atoms with van der Waals surface area (Å²) >= 11 is 0. The number of pyridine rings is 1. The number of aromatic nitrogens is 1. The quantitative estimate of drug-likeness (QED) is 0.864. The second kappa shape index (κ2) is 5.47. The summed E-state index contributed by atoms with van der Waals surface area (Å²) in [6.45, 7) is 4.29. The van der Waals surface area contributed by atoms with Crippen LogP contribution in [0.3, 0.4) is 0 Å². The molecule has 0 bridgehead atoms. The molecule has 0 radical (unpaired) electrons. The molecule has 2 heterocycles. The molecule has 0 amide bonds. The summed E-state index contributed by atoms with van der Waals surface area (Å²) in [5, 5.41) is 0. The Morgan fingerprint density at radius 1 is 1.53 bits per heavy atom. The van der Waals surface area contributed by atoms with Gasteiger partial charge in [-0.2, -0.15) is 0 Å². The minimum Gasteiger partial charge on any atom is -0.481 e. The Hall–Kier alpha value is -1.13. The molecule has 0 aliphatic carbocycles. The van der Waals surface area contributed by atoms with Gasteiger partial charge < -0.3 is 10.5 Å². The average Bonchev–Trinajstić information content (AvgIpc) is 2.38. The first kappa shape index (κ1) is 12.3. The summed E-state index contributed by atoms with van der Waals surface area (Å²) < 4.78 is 5.18. The first-order valence-corrected chi connectivity index (χ1v) is 6.26. The largest absolute Gasteiger partial charge is 0.481 e. The zero-order valence-corrected chi connectivity index (χ0v) is 10.6. The number of nitrogens with zero attached hydrogens (tertiary/aromatic N) is 2. The van der Waals surface area contributed by atoms with Crippen molar-refractivity contribution < 1.29 is 4.74 Å². The molecule has 1 aliphatic rings. The van der Waals surface area contributed by atoms with Crippen LogP contribution in [-0.2, 0) is 0 Å². The number of nitrogens with two attached hydrogens (primary N) is 1. The molecule has 17 heavy (non-hydrogen) atoms. The van der Waals surface area contributed by atoms with Crippen LogP contribution in [0.15, 0.2) is 18.2 Å². The molecule has 0 aromatic carbocycles. The molecule has 0 saturated carbocycles. The van der Waals surface area contributed by atoms with E-state index in [0.717, 1.165) is 25.2 Å². The summed E-state index contributed by atoms with van der Waals surface area (Å²) in [6, 6.07) is 6.29. The highest BCUT2D eigenvalue weighted by atomic mass is 16.5. The molecule has 1 aliphatic heterocycles. The molecule has 1 aromatic rings. The minimum atomic E-state index is 0.170. The zero-order valence-electron chi connectivity index (χ0n) is 10.6. The molecule has 1 saturated heterocycles. The third kappa shape index (κ3) is 2.58. The number of hydrogen-bond acceptors (Lipinski definition) is 4. The molecule has 2 atom stereocenters. The van der Waals surface area contributed by atoms with Gasteiger partial charge in [0.25, 0.3) is 0 Å². The maximum Gasteiger partial charge on any atom is 0.213 e. The van der Waals surface area contributed by atoms with Crippen molar-refractivity contribution in [3.05, 3.63) is 23.9 Å². The maximum atomic E-state index is 6.25. The third-order valence-corrected chi connectivity index (χ3v) is 3.45. The average molecular weight is 235 g/mol. The van der Waals surface area contributed by atoms with E-state index in [9.17, 15) is 0 Å². The van der Waals surface area contributed by atoms with Crippen molar-refractivity contribution >= 4 is 0 Å². The number of likely N-dealkylation sites (N-methyl/N-ethyl adjacent to an activating group) is 1. The molecular formula is C13H21N3O. The molecule has 1 fully saturated rings. The molecule has 1 aromatic heterocycles. The van der Waals surface area contributed by atoms with Gasteiger partial charge in [-0.3, -0.25) is 4.90 Å². The fraction of sp³-hybridized carbons (Fsp3) is 0.615. The summed E-state index contributed by atoms with van der Waals surface area (Å²) in [6.07, 6.45) is 2.25. The van der Waals surface area contributed by atoms with Gasteiger partial charge in [-0.1, -0.05) is 13.0 Å². The van der Waals surface area contributed by atoms with Crippen LogP contribution < -0.4 is 10.5 Å². The number of ether oxygens (including phenoxy) is 1. The fourth-order valence-electron chi connectivity index (χ4n) is 2.57. The summed E-state index contributed by atoms with van der Waals surface area (Å²) in [5.41, 5.74) is 7.27. The molecule has 2 rings (SSSR count). The normalized spacial score (nSPS) is 25.8. The number of rotatable bonds is 3. The van der Waals surface area contributed by atoms with Gasteiger partial charge in [-0.15, -0.1) is 0 Å². The SMILES string of the molecule is CCN1CCCC(N)C1c1cccc(OC)n1. The van der Waals surface area contributed by atoms with Crippen molar-refractivity contribution in [3.8, 4) is 5.88 Å². The van der Waals surface area contributed by atoms with Crippen molar-refractivity contribution in [3.63, 3.8) is 0 Å². The van der Waals surface area contributed by atoms with Crippen molar-refractivity contribution in [2.45, 2.75) is 31.8 Å². The third-order valence-electron chi connectivity index (χ3n) is 3.45. The number of likely N-dealkylation sites (tertiary alicyclic amines) is 1. The molecule has 0 spiro atoms. The Labute approximate surface area is 103 Å². The van der Waals surface area contributed by atoms with E-state index in [-0.39, 0.29) is 12.1 Å². The Bertz CT molecular complexity index is 369. The maximum absolute atomic E-state index is 6.25. The lowest BCUT2D eigenvalue weighted by Gasteiger charge is -2.38. The van der Waals surface area contributed by atoms with Crippen LogP contribution in [0.2, 0.25) is 0 Å². The predicted octanol–water partition coefficient (Wildman–Crippen LogP) is 1.57. The van der Waals surface area contributed by atoms with Gasteiger partial charge in [0.2, 0.25) is 5.88 Å². The van der Waals surface area contributed by atoms with Crippen LogP contribution in [0.1, 0.15) is 31.5 Å². The predicted molar refractivity (Wildman–Crippen MR) is 68.0 cm³/mol. The highest BCUT2D eigenvalue weighted by molar-refractivity contribution is 5.20. The molecular weight excluding hydrogens is 214 g/mol. The lowest BCUT2D eigenvalue weighted by Crippen LogP contribution is -2.46.